The topological polar surface area (TPSA) is 84.5 Å². The van der Waals surface area contributed by atoms with Gasteiger partial charge < -0.3 is 15.4 Å². The minimum Gasteiger partial charge on any atom is -0.465 e. The van der Waals surface area contributed by atoms with Crippen LogP contribution in [0.1, 0.15) is 52.3 Å². The maximum absolute atomic E-state index is 12.2. The molecule has 0 spiro atoms. The zero-order valence-electron chi connectivity index (χ0n) is 13.1. The Morgan fingerprint density at radius 1 is 1.27 bits per heavy atom. The van der Waals surface area contributed by atoms with Crippen LogP contribution in [0.4, 0.5) is 5.00 Å². The van der Waals surface area contributed by atoms with E-state index < -0.39 is 5.97 Å². The second-order valence-electron chi connectivity index (χ2n) is 5.64. The van der Waals surface area contributed by atoms with Gasteiger partial charge in [0.2, 0.25) is 5.91 Å². The van der Waals surface area contributed by atoms with Crippen LogP contribution in [0, 0.1) is 12.8 Å². The molecule has 0 atom stereocenters. The minimum atomic E-state index is -0.552. The van der Waals surface area contributed by atoms with E-state index >= 15 is 0 Å². The number of ether oxygens (including phenoxy) is 1. The molecule has 6 nitrogen and oxygen atoms in total. The van der Waals surface area contributed by atoms with E-state index in [0.29, 0.717) is 15.4 Å². The SMILES string of the molecule is COC(=O)c1c(NC(=O)C2CC2)sc(C(=O)NC(C)C)c1C. The van der Waals surface area contributed by atoms with Gasteiger partial charge in [0.1, 0.15) is 5.00 Å². The molecule has 0 bridgehead atoms. The summed E-state index contributed by atoms with van der Waals surface area (Å²) in [5.41, 5.74) is 0.788. The van der Waals surface area contributed by atoms with Crippen molar-refractivity contribution in [3.05, 3.63) is 16.0 Å². The molecule has 2 amide bonds. The van der Waals surface area contributed by atoms with Crippen LogP contribution in [0.3, 0.4) is 0 Å². The van der Waals surface area contributed by atoms with Crippen LogP contribution in [0.15, 0.2) is 0 Å². The van der Waals surface area contributed by atoms with Crippen LogP contribution < -0.4 is 10.6 Å². The van der Waals surface area contributed by atoms with Crippen LogP contribution in [-0.2, 0) is 9.53 Å². The van der Waals surface area contributed by atoms with Gasteiger partial charge >= 0.3 is 5.97 Å². The largest absolute Gasteiger partial charge is 0.465 e. The van der Waals surface area contributed by atoms with Gasteiger partial charge in [-0.25, -0.2) is 4.79 Å². The van der Waals surface area contributed by atoms with E-state index in [4.69, 9.17) is 4.74 Å². The lowest BCUT2D eigenvalue weighted by Gasteiger charge is -2.07. The number of methoxy groups -OCH3 is 1. The summed E-state index contributed by atoms with van der Waals surface area (Å²) < 4.78 is 4.77. The summed E-state index contributed by atoms with van der Waals surface area (Å²) in [6.45, 7) is 5.40. The van der Waals surface area contributed by atoms with Crippen molar-refractivity contribution in [2.75, 3.05) is 12.4 Å². The number of amides is 2. The molecule has 1 aromatic heterocycles. The Bertz CT molecular complexity index is 617. The Kier molecular flexibility index (Phi) is 4.85. The van der Waals surface area contributed by atoms with Gasteiger partial charge in [0.05, 0.1) is 17.6 Å². The summed E-state index contributed by atoms with van der Waals surface area (Å²) in [7, 11) is 1.28. The Morgan fingerprint density at radius 2 is 1.91 bits per heavy atom. The van der Waals surface area contributed by atoms with Crippen LogP contribution in [0.5, 0.6) is 0 Å². The number of rotatable bonds is 5. The molecule has 22 heavy (non-hydrogen) atoms. The molecule has 1 aliphatic rings. The molecule has 1 fully saturated rings. The first kappa shape index (κ1) is 16.5. The first-order valence-electron chi connectivity index (χ1n) is 7.18. The van der Waals surface area contributed by atoms with Crippen molar-refractivity contribution >= 4 is 34.1 Å². The van der Waals surface area contributed by atoms with Crippen LogP contribution >= 0.6 is 11.3 Å². The number of carbonyl (C=O) groups excluding carboxylic acids is 3. The van der Waals surface area contributed by atoms with Crippen molar-refractivity contribution in [2.45, 2.75) is 39.7 Å². The molecule has 7 heteroatoms. The lowest BCUT2D eigenvalue weighted by atomic mass is 10.1. The second-order valence-corrected chi connectivity index (χ2v) is 6.66. The summed E-state index contributed by atoms with van der Waals surface area (Å²) in [5.74, 6) is -0.902. The quantitative estimate of drug-likeness (QED) is 0.814. The van der Waals surface area contributed by atoms with Crippen LogP contribution in [0.2, 0.25) is 0 Å². The third kappa shape index (κ3) is 3.47. The Morgan fingerprint density at radius 3 is 2.41 bits per heavy atom. The molecule has 1 aromatic rings. The molecule has 0 aromatic carbocycles. The molecule has 1 saturated carbocycles. The molecule has 2 rings (SSSR count). The summed E-state index contributed by atoms with van der Waals surface area (Å²) >= 11 is 1.11. The third-order valence-corrected chi connectivity index (χ3v) is 4.55. The molecule has 0 aliphatic heterocycles. The van der Waals surface area contributed by atoms with Crippen molar-refractivity contribution < 1.29 is 19.1 Å². The lowest BCUT2D eigenvalue weighted by molar-refractivity contribution is -0.117. The fourth-order valence-electron chi connectivity index (χ4n) is 2.05. The number of carbonyl (C=O) groups is 3. The van der Waals surface area contributed by atoms with Gasteiger partial charge in [-0.05, 0) is 39.2 Å². The highest BCUT2D eigenvalue weighted by atomic mass is 32.1. The van der Waals surface area contributed by atoms with Crippen molar-refractivity contribution in [1.29, 1.82) is 0 Å². The molecule has 1 aliphatic carbocycles. The Hall–Kier alpha value is -1.89. The molecular weight excluding hydrogens is 304 g/mol. The van der Waals surface area contributed by atoms with Gasteiger partial charge in [0.25, 0.3) is 5.91 Å². The average Bonchev–Trinajstić information content (AvgIpc) is 3.23. The van der Waals surface area contributed by atoms with E-state index in [0.717, 1.165) is 24.2 Å². The standard InChI is InChI=1S/C15H20N2O4S/c1-7(2)16-13(19)11-8(3)10(15(20)21-4)14(22-11)17-12(18)9-5-6-9/h7,9H,5-6H2,1-4H3,(H,16,19)(H,17,18). The predicted octanol–water partition coefficient (Wildman–Crippen LogP) is 2.33. The van der Waals surface area contributed by atoms with Crippen molar-refractivity contribution in [3.63, 3.8) is 0 Å². The number of hydrogen-bond acceptors (Lipinski definition) is 5. The maximum atomic E-state index is 12.2. The van der Waals surface area contributed by atoms with Crippen molar-refractivity contribution in [1.82, 2.24) is 5.32 Å². The number of esters is 1. The third-order valence-electron chi connectivity index (χ3n) is 3.35. The zero-order valence-corrected chi connectivity index (χ0v) is 13.9. The minimum absolute atomic E-state index is 0.0138. The highest BCUT2D eigenvalue weighted by molar-refractivity contribution is 7.18. The Balaban J connectivity index is 2.35. The summed E-state index contributed by atoms with van der Waals surface area (Å²) in [6, 6.07) is -0.0138. The fourth-order valence-corrected chi connectivity index (χ4v) is 3.15. The van der Waals surface area contributed by atoms with E-state index in [9.17, 15) is 14.4 Å². The van der Waals surface area contributed by atoms with E-state index in [-0.39, 0.29) is 29.3 Å². The normalized spacial score (nSPS) is 13.9. The first-order valence-corrected chi connectivity index (χ1v) is 8.00. The van der Waals surface area contributed by atoms with E-state index in [1.165, 1.54) is 7.11 Å². The van der Waals surface area contributed by atoms with Crippen molar-refractivity contribution in [3.8, 4) is 0 Å². The Labute approximate surface area is 133 Å². The lowest BCUT2D eigenvalue weighted by Crippen LogP contribution is -2.29. The number of thiophene rings is 1. The highest BCUT2D eigenvalue weighted by Gasteiger charge is 2.32. The summed E-state index contributed by atoms with van der Waals surface area (Å²) in [4.78, 5) is 36.6. The molecule has 1 heterocycles. The van der Waals surface area contributed by atoms with Gasteiger partial charge in [0, 0.05) is 12.0 Å². The first-order chi connectivity index (χ1) is 10.3. The second kappa shape index (κ2) is 6.48. The van der Waals surface area contributed by atoms with E-state index in [1.807, 2.05) is 13.8 Å². The molecular formula is C15H20N2O4S. The smallest absolute Gasteiger partial charge is 0.341 e. The van der Waals surface area contributed by atoms with Gasteiger partial charge in [-0.2, -0.15) is 0 Å². The molecule has 0 saturated heterocycles. The number of hydrogen-bond donors (Lipinski definition) is 2. The molecule has 0 unspecified atom stereocenters. The fraction of sp³-hybridized carbons (Fsp3) is 0.533. The van der Waals surface area contributed by atoms with Gasteiger partial charge in [-0.3, -0.25) is 9.59 Å². The van der Waals surface area contributed by atoms with Crippen LogP contribution in [0.25, 0.3) is 0 Å². The highest BCUT2D eigenvalue weighted by Crippen LogP contribution is 2.36. The summed E-state index contributed by atoms with van der Waals surface area (Å²) in [5, 5.41) is 5.93. The molecule has 2 N–H and O–H groups in total. The molecule has 120 valence electrons. The van der Waals surface area contributed by atoms with E-state index in [1.54, 1.807) is 6.92 Å². The maximum Gasteiger partial charge on any atom is 0.341 e. The van der Waals surface area contributed by atoms with Gasteiger partial charge in [-0.1, -0.05) is 0 Å². The summed E-state index contributed by atoms with van der Waals surface area (Å²) in [6.07, 6.45) is 1.73. The molecule has 0 radical (unpaired) electrons. The van der Waals surface area contributed by atoms with Gasteiger partial charge in [0.15, 0.2) is 0 Å². The van der Waals surface area contributed by atoms with Gasteiger partial charge in [-0.15, -0.1) is 11.3 Å². The van der Waals surface area contributed by atoms with Crippen molar-refractivity contribution in [2.24, 2.45) is 5.92 Å². The monoisotopic (exact) mass is 324 g/mol. The van der Waals surface area contributed by atoms with Crippen LogP contribution in [-0.4, -0.2) is 30.9 Å². The number of anilines is 1. The predicted molar refractivity (Wildman–Crippen MR) is 84.4 cm³/mol. The average molecular weight is 324 g/mol. The van der Waals surface area contributed by atoms with E-state index in [2.05, 4.69) is 10.6 Å². The zero-order chi connectivity index (χ0) is 16.4. The number of nitrogens with one attached hydrogen (secondary N) is 2.